The van der Waals surface area contributed by atoms with Crippen LogP contribution in [0.25, 0.3) is 22.3 Å². The Morgan fingerprint density at radius 2 is 1.51 bits per heavy atom. The Morgan fingerprint density at radius 1 is 0.889 bits per heavy atom. The lowest BCUT2D eigenvalue weighted by atomic mass is 10.1. The summed E-state index contributed by atoms with van der Waals surface area (Å²) in [7, 11) is 2.76. The fourth-order valence-corrected chi connectivity index (χ4v) is 7.44. The number of anilines is 1. The number of hydrogen-bond donors (Lipinski definition) is 4. The van der Waals surface area contributed by atoms with Gasteiger partial charge in [0.1, 0.15) is 54.3 Å². The van der Waals surface area contributed by atoms with Gasteiger partial charge in [0.2, 0.25) is 15.1 Å². The van der Waals surface area contributed by atoms with E-state index in [1.54, 1.807) is 6.92 Å². The summed E-state index contributed by atoms with van der Waals surface area (Å²) < 4.78 is 63.2. The van der Waals surface area contributed by atoms with Crippen molar-refractivity contribution in [1.82, 2.24) is 39.0 Å². The van der Waals surface area contributed by atoms with Gasteiger partial charge in [-0.3, -0.25) is 23.1 Å². The van der Waals surface area contributed by atoms with E-state index in [1.807, 2.05) is 0 Å². The maximum Gasteiger partial charge on any atom is 0.279 e. The van der Waals surface area contributed by atoms with Crippen molar-refractivity contribution in [1.29, 1.82) is 0 Å². The third-order valence-electron chi connectivity index (χ3n) is 7.48. The van der Waals surface area contributed by atoms with Gasteiger partial charge in [0.05, 0.1) is 25.9 Å². The number of aliphatic hydroxyl groups excluding tert-OH is 2. The van der Waals surface area contributed by atoms with E-state index in [2.05, 4.69) is 29.9 Å². The van der Waals surface area contributed by atoms with Crippen LogP contribution < -0.4 is 11.3 Å². The van der Waals surface area contributed by atoms with Crippen LogP contribution in [0.4, 0.5) is 5.82 Å². The van der Waals surface area contributed by atoms with Gasteiger partial charge in [-0.2, -0.15) is 0 Å². The molecule has 234 valence electrons. The largest absolute Gasteiger partial charge is 0.387 e. The quantitative estimate of drug-likeness (QED) is 0.144. The van der Waals surface area contributed by atoms with Gasteiger partial charge in [0.25, 0.3) is 20.5 Å². The van der Waals surface area contributed by atoms with Crippen LogP contribution in [0, 0.1) is 6.92 Å². The number of nitrogen functional groups attached to an aromatic ring is 1. The van der Waals surface area contributed by atoms with Gasteiger partial charge >= 0.3 is 0 Å². The van der Waals surface area contributed by atoms with Crippen molar-refractivity contribution in [3.05, 3.63) is 35.2 Å². The van der Waals surface area contributed by atoms with Crippen LogP contribution in [-0.2, 0) is 36.7 Å². The number of aliphatic hydroxyl groups is 2. The number of fused-ring (bicyclic) bond motifs is 5. The molecule has 0 saturated carbocycles. The standard InChI is InChI=1S/C21H23B2N9O11P2/c1-7-29-18-11(19(35)30-7)28-6-32(18)21-15-12(33)8(40-21)2-38-44(22,36)42-14-9(3-39-45(23,37)43-15)41-20(13(14)34)31-5-27-10-16(24)25-4-26-17(10)31/h4-6,8-9,12-15,20-21,33-34H,2-3H2,1H3,(H2,24,25,26)(H,29,30,35)/t8?,9?,12?,13?,14?,15?,20?,21?,44-,45-/m1/s1. The van der Waals surface area contributed by atoms with Crippen molar-refractivity contribution in [2.75, 3.05) is 18.9 Å². The minimum absolute atomic E-state index is 0.0454. The number of H-pyrrole nitrogens is 1. The van der Waals surface area contributed by atoms with Gasteiger partial charge < -0.3 is 48.5 Å². The molecule has 0 aromatic carbocycles. The Hall–Kier alpha value is -3.03. The summed E-state index contributed by atoms with van der Waals surface area (Å²) in [4.78, 5) is 35.4. The van der Waals surface area contributed by atoms with Crippen LogP contribution in [0.5, 0.6) is 0 Å². The molecule has 3 fully saturated rings. The molecule has 7 rings (SSSR count). The number of hydrogen-bond acceptors (Lipinski definition) is 17. The molecule has 0 aliphatic carbocycles. The molecular formula is C21H23B2N9O11P2. The molecule has 2 bridgehead atoms. The fourth-order valence-electron chi connectivity index (χ4n) is 5.44. The van der Waals surface area contributed by atoms with E-state index in [1.165, 1.54) is 28.1 Å². The molecule has 3 aliphatic heterocycles. The van der Waals surface area contributed by atoms with Crippen molar-refractivity contribution in [3.8, 4) is 0 Å². The van der Waals surface area contributed by atoms with Gasteiger partial charge in [-0.1, -0.05) is 0 Å². The third-order valence-corrected chi connectivity index (χ3v) is 9.58. The Morgan fingerprint density at radius 3 is 2.24 bits per heavy atom. The lowest BCUT2D eigenvalue weighted by Crippen LogP contribution is -2.36. The number of ether oxygens (including phenoxy) is 2. The second kappa shape index (κ2) is 11.0. The first-order chi connectivity index (χ1) is 21.3. The Kier molecular flexibility index (Phi) is 7.52. The number of nitrogens with one attached hydrogen (secondary N) is 1. The summed E-state index contributed by atoms with van der Waals surface area (Å²) in [6.45, 7) is 0.281. The average molecular weight is 661 g/mol. The summed E-state index contributed by atoms with van der Waals surface area (Å²) in [5.41, 5.74) is 5.78. The molecule has 3 aliphatic rings. The molecular weight excluding hydrogens is 638 g/mol. The van der Waals surface area contributed by atoms with Crippen LogP contribution in [0.2, 0.25) is 0 Å². The zero-order chi connectivity index (χ0) is 31.8. The first kappa shape index (κ1) is 30.6. The van der Waals surface area contributed by atoms with E-state index in [0.717, 1.165) is 0 Å². The second-order valence-corrected chi connectivity index (χ2v) is 13.6. The number of aromatic amines is 1. The van der Waals surface area contributed by atoms with Crippen molar-refractivity contribution in [3.63, 3.8) is 0 Å². The predicted molar refractivity (Wildman–Crippen MR) is 151 cm³/mol. The van der Waals surface area contributed by atoms with Gasteiger partial charge in [-0.05, 0) is 6.92 Å². The molecule has 4 radical (unpaired) electrons. The molecule has 5 N–H and O–H groups in total. The monoisotopic (exact) mass is 661 g/mol. The molecule has 4 aromatic heterocycles. The van der Waals surface area contributed by atoms with Gasteiger partial charge in [0.15, 0.2) is 35.1 Å². The highest BCUT2D eigenvalue weighted by atomic mass is 31.2. The predicted octanol–water partition coefficient (Wildman–Crippen LogP) is -1.26. The highest BCUT2D eigenvalue weighted by molar-refractivity contribution is 7.79. The average Bonchev–Trinajstić information content (AvgIpc) is 3.72. The zero-order valence-electron chi connectivity index (χ0n) is 23.1. The molecule has 24 heteroatoms. The minimum atomic E-state index is -4.56. The Balaban J connectivity index is 1.21. The second-order valence-electron chi connectivity index (χ2n) is 10.5. The van der Waals surface area contributed by atoms with E-state index in [0.29, 0.717) is 0 Å². The highest BCUT2D eigenvalue weighted by Gasteiger charge is 2.52. The SMILES string of the molecule is [B][P@@]1(=O)OCC2OC(n3cnc4c(=O)[nH]c(C)nc43)C(O[P@]([B])(=O)OCC3OC(n4cnc5c(N)ncnc54)C(O)C3O1)C2O. The van der Waals surface area contributed by atoms with Gasteiger partial charge in [-0.15, -0.1) is 0 Å². The zero-order valence-corrected chi connectivity index (χ0v) is 24.9. The van der Waals surface area contributed by atoms with Crippen LogP contribution in [0.3, 0.4) is 0 Å². The molecule has 0 spiro atoms. The van der Waals surface area contributed by atoms with Crippen LogP contribution >= 0.6 is 14.9 Å². The smallest absolute Gasteiger partial charge is 0.279 e. The number of imidazole rings is 2. The van der Waals surface area contributed by atoms with Gasteiger partial charge in [0, 0.05) is 0 Å². The number of aromatic nitrogens is 8. The topological polar surface area (TPSA) is 263 Å². The van der Waals surface area contributed by atoms with E-state index in [-0.39, 0.29) is 34.0 Å². The molecule has 8 unspecified atom stereocenters. The van der Waals surface area contributed by atoms with Crippen LogP contribution in [-0.4, -0.2) is 114 Å². The fraction of sp³-hybridized carbons (Fsp3) is 0.524. The molecule has 10 atom stereocenters. The maximum atomic E-state index is 13.5. The first-order valence-corrected chi connectivity index (χ1v) is 16.5. The highest BCUT2D eigenvalue weighted by Crippen LogP contribution is 2.53. The van der Waals surface area contributed by atoms with Crippen molar-refractivity contribution < 1.29 is 46.9 Å². The van der Waals surface area contributed by atoms with E-state index in [9.17, 15) is 24.1 Å². The number of nitrogens with zero attached hydrogens (tertiary/aromatic N) is 7. The summed E-state index contributed by atoms with van der Waals surface area (Å²) in [6, 6.07) is 0. The molecule has 0 amide bonds. The molecule has 7 heterocycles. The summed E-state index contributed by atoms with van der Waals surface area (Å²) >= 11 is 0. The lowest BCUT2D eigenvalue weighted by Gasteiger charge is -2.28. The summed E-state index contributed by atoms with van der Waals surface area (Å²) in [5, 5.41) is 22.3. The van der Waals surface area contributed by atoms with E-state index in [4.69, 9.17) is 48.4 Å². The first-order valence-electron chi connectivity index (χ1n) is 13.3. The van der Waals surface area contributed by atoms with Crippen LogP contribution in [0.1, 0.15) is 18.3 Å². The van der Waals surface area contributed by atoms with Gasteiger partial charge in [-0.25, -0.2) is 24.9 Å². The molecule has 45 heavy (non-hydrogen) atoms. The van der Waals surface area contributed by atoms with Crippen molar-refractivity contribution in [2.24, 2.45) is 0 Å². The molecule has 20 nitrogen and oxygen atoms in total. The van der Waals surface area contributed by atoms with E-state index < -0.39 is 82.8 Å². The number of rotatable bonds is 2. The molecule has 4 aromatic rings. The minimum Gasteiger partial charge on any atom is -0.387 e. The van der Waals surface area contributed by atoms with Crippen LogP contribution in [0.15, 0.2) is 23.8 Å². The van der Waals surface area contributed by atoms with E-state index >= 15 is 0 Å². The number of nitrogens with two attached hydrogens (primary N) is 1. The van der Waals surface area contributed by atoms with Crippen molar-refractivity contribution in [2.45, 2.75) is 56.0 Å². The third kappa shape index (κ3) is 5.44. The summed E-state index contributed by atoms with van der Waals surface area (Å²) in [5.74, 6) is 0.334. The molecule has 3 saturated heterocycles. The summed E-state index contributed by atoms with van der Waals surface area (Å²) in [6.07, 6.45) is -7.66. The Bertz CT molecular complexity index is 1940. The number of aryl methyl sites for hydroxylation is 1. The lowest BCUT2D eigenvalue weighted by molar-refractivity contribution is -0.0578. The maximum absolute atomic E-state index is 13.5. The Labute approximate surface area is 254 Å². The van der Waals surface area contributed by atoms with Crippen molar-refractivity contribution >= 4 is 58.2 Å². The normalized spacial score (nSPS) is 37.7.